The predicted octanol–water partition coefficient (Wildman–Crippen LogP) is 4.80. The van der Waals surface area contributed by atoms with Crippen molar-refractivity contribution < 1.29 is 33.8 Å². The molecule has 2 aromatic carbocycles. The molecule has 3 rings (SSSR count). The number of rotatable bonds is 10. The molecule has 2 aromatic rings. The molecule has 3 atom stereocenters. The van der Waals surface area contributed by atoms with Crippen LogP contribution >= 0.6 is 0 Å². The van der Waals surface area contributed by atoms with E-state index in [0.717, 1.165) is 12.0 Å². The van der Waals surface area contributed by atoms with Crippen molar-refractivity contribution in [3.05, 3.63) is 65.7 Å². The lowest BCUT2D eigenvalue weighted by Crippen LogP contribution is -2.58. The minimum absolute atomic E-state index is 0.0794. The van der Waals surface area contributed by atoms with Gasteiger partial charge in [-0.15, -0.1) is 0 Å². The van der Waals surface area contributed by atoms with E-state index in [0.29, 0.717) is 18.4 Å². The number of phenols is 1. The van der Waals surface area contributed by atoms with E-state index in [4.69, 9.17) is 9.47 Å². The molecule has 10 nitrogen and oxygen atoms in total. The van der Waals surface area contributed by atoms with Crippen molar-refractivity contribution in [1.82, 2.24) is 15.5 Å². The molecule has 1 aliphatic rings. The fraction of sp³-hybridized carbons (Fsp3) is 0.515. The molecule has 1 aliphatic carbocycles. The quantitative estimate of drug-likeness (QED) is 0.336. The highest BCUT2D eigenvalue weighted by Crippen LogP contribution is 2.34. The lowest BCUT2D eigenvalue weighted by molar-refractivity contribution is -0.159. The van der Waals surface area contributed by atoms with E-state index in [-0.39, 0.29) is 18.2 Å². The number of amides is 3. The Labute approximate surface area is 254 Å². The average Bonchev–Trinajstić information content (AvgIpc) is 2.85. The molecule has 3 unspecified atom stereocenters. The number of hydrogen-bond acceptors (Lipinski definition) is 7. The Morgan fingerprint density at radius 1 is 0.907 bits per heavy atom. The summed E-state index contributed by atoms with van der Waals surface area (Å²) in [7, 11) is 0. The van der Waals surface area contributed by atoms with Crippen LogP contribution in [-0.2, 0) is 30.3 Å². The minimum atomic E-state index is -1.20. The number of carbonyl (C=O) groups excluding carboxylic acids is 4. The van der Waals surface area contributed by atoms with E-state index in [1.54, 1.807) is 53.7 Å². The summed E-state index contributed by atoms with van der Waals surface area (Å²) in [6.07, 6.45) is 1.60. The third-order valence-electron chi connectivity index (χ3n) is 6.83. The van der Waals surface area contributed by atoms with E-state index in [1.165, 1.54) is 24.0 Å². The molecule has 0 heterocycles. The van der Waals surface area contributed by atoms with Crippen molar-refractivity contribution in [2.75, 3.05) is 0 Å². The van der Waals surface area contributed by atoms with Crippen molar-refractivity contribution in [1.29, 1.82) is 0 Å². The van der Waals surface area contributed by atoms with Crippen LogP contribution in [-0.4, -0.2) is 63.2 Å². The number of phenolic OH excluding ortho intramolecular Hbond substituents is 1. The number of hydrogen-bond donors (Lipinski definition) is 3. The second-order valence-electron chi connectivity index (χ2n) is 13.0. The molecule has 0 spiro atoms. The van der Waals surface area contributed by atoms with Crippen molar-refractivity contribution in [2.45, 2.75) is 110 Å². The molecule has 3 amide bonds. The average molecular weight is 596 g/mol. The number of esters is 1. The van der Waals surface area contributed by atoms with Gasteiger partial charge in [-0.1, -0.05) is 42.5 Å². The molecule has 234 valence electrons. The molecular weight excluding hydrogens is 550 g/mol. The highest BCUT2D eigenvalue weighted by Gasteiger charge is 2.42. The largest absolute Gasteiger partial charge is 0.508 e. The minimum Gasteiger partial charge on any atom is -0.508 e. The van der Waals surface area contributed by atoms with Gasteiger partial charge in [0.15, 0.2) is 0 Å². The van der Waals surface area contributed by atoms with Crippen LogP contribution in [0.4, 0.5) is 4.79 Å². The summed E-state index contributed by atoms with van der Waals surface area (Å²) < 4.78 is 11.0. The Morgan fingerprint density at radius 3 is 2.07 bits per heavy atom. The third kappa shape index (κ3) is 10.0. The number of benzene rings is 2. The maximum atomic E-state index is 14.2. The van der Waals surface area contributed by atoms with Crippen LogP contribution in [0, 0.1) is 0 Å². The fourth-order valence-electron chi connectivity index (χ4n) is 4.75. The number of alkyl carbamates (subject to hydrolysis) is 1. The van der Waals surface area contributed by atoms with Crippen molar-refractivity contribution >= 4 is 23.9 Å². The zero-order chi connectivity index (χ0) is 31.9. The summed E-state index contributed by atoms with van der Waals surface area (Å²) in [5.74, 6) is -1.79. The van der Waals surface area contributed by atoms with Crippen molar-refractivity contribution in [3.63, 3.8) is 0 Å². The van der Waals surface area contributed by atoms with Gasteiger partial charge in [0.05, 0.1) is 0 Å². The second-order valence-corrected chi connectivity index (χ2v) is 13.0. The Bertz CT molecular complexity index is 1280. The molecular formula is C33H45N3O7. The normalized spacial score (nSPS) is 15.7. The van der Waals surface area contributed by atoms with E-state index < -0.39 is 53.2 Å². The third-order valence-corrected chi connectivity index (χ3v) is 6.83. The standard InChI is InChI=1S/C33H45N3O7/c1-21(34-31(41)43-33(5,6)7)29(39)36(24-16-12-17-24)27(23-15-11-18-25(37)20-23)28(38)35-26(30(40)42-32(2,3)4)19-22-13-9-8-10-14-22/h8-11,13-15,18,20-21,24,26-27,37H,12,16-17,19H2,1-7H3,(H,34,41)(H,35,38). The van der Waals surface area contributed by atoms with Crippen LogP contribution in [0.1, 0.15) is 84.9 Å². The van der Waals surface area contributed by atoms with E-state index >= 15 is 0 Å². The zero-order valence-electron chi connectivity index (χ0n) is 26.2. The van der Waals surface area contributed by atoms with Gasteiger partial charge in [0, 0.05) is 12.5 Å². The van der Waals surface area contributed by atoms with Crippen LogP contribution in [0.3, 0.4) is 0 Å². The number of aromatic hydroxyl groups is 1. The van der Waals surface area contributed by atoms with E-state index in [2.05, 4.69) is 10.6 Å². The first-order valence-electron chi connectivity index (χ1n) is 14.7. The molecule has 10 heteroatoms. The molecule has 0 bridgehead atoms. The highest BCUT2D eigenvalue weighted by atomic mass is 16.6. The summed E-state index contributed by atoms with van der Waals surface area (Å²) in [5.41, 5.74) is -0.377. The van der Waals surface area contributed by atoms with Crippen LogP contribution in [0.25, 0.3) is 0 Å². The molecule has 0 aliphatic heterocycles. The number of ether oxygens (including phenoxy) is 2. The number of nitrogens with one attached hydrogen (secondary N) is 2. The fourth-order valence-corrected chi connectivity index (χ4v) is 4.75. The summed E-state index contributed by atoms with van der Waals surface area (Å²) in [4.78, 5) is 55.6. The van der Waals surface area contributed by atoms with Gasteiger partial charge in [0.2, 0.25) is 11.8 Å². The monoisotopic (exact) mass is 595 g/mol. The lowest BCUT2D eigenvalue weighted by Gasteiger charge is -2.43. The molecule has 0 saturated heterocycles. The summed E-state index contributed by atoms with van der Waals surface area (Å²) >= 11 is 0. The molecule has 0 aromatic heterocycles. The smallest absolute Gasteiger partial charge is 0.408 e. The van der Waals surface area contributed by atoms with Crippen LogP contribution in [0.2, 0.25) is 0 Å². The number of nitrogens with zero attached hydrogens (tertiary/aromatic N) is 1. The van der Waals surface area contributed by atoms with Crippen LogP contribution in [0.5, 0.6) is 5.75 Å². The topological polar surface area (TPSA) is 134 Å². The molecule has 1 fully saturated rings. The van der Waals surface area contributed by atoms with Crippen LogP contribution < -0.4 is 10.6 Å². The Morgan fingerprint density at radius 2 is 1.53 bits per heavy atom. The summed E-state index contributed by atoms with van der Waals surface area (Å²) in [6, 6.07) is 11.8. The van der Waals surface area contributed by atoms with Crippen molar-refractivity contribution in [3.8, 4) is 5.75 Å². The predicted molar refractivity (Wildman–Crippen MR) is 162 cm³/mol. The van der Waals surface area contributed by atoms with Gasteiger partial charge in [-0.2, -0.15) is 0 Å². The van der Waals surface area contributed by atoms with Gasteiger partial charge in [-0.05, 0) is 91.0 Å². The molecule has 1 saturated carbocycles. The summed E-state index contributed by atoms with van der Waals surface area (Å²) in [6.45, 7) is 11.9. The molecule has 43 heavy (non-hydrogen) atoms. The van der Waals surface area contributed by atoms with Crippen molar-refractivity contribution in [2.24, 2.45) is 0 Å². The van der Waals surface area contributed by atoms with Gasteiger partial charge < -0.3 is 30.1 Å². The first kappa shape index (κ1) is 33.4. The Balaban J connectivity index is 1.99. The van der Waals surface area contributed by atoms with Gasteiger partial charge in [0.25, 0.3) is 0 Å². The Hall–Kier alpha value is -4.08. The number of carbonyl (C=O) groups is 4. The van der Waals surface area contributed by atoms with E-state index in [9.17, 15) is 24.3 Å². The second kappa shape index (κ2) is 13.9. The summed E-state index contributed by atoms with van der Waals surface area (Å²) in [5, 5.41) is 15.8. The van der Waals surface area contributed by atoms with Gasteiger partial charge in [-0.3, -0.25) is 9.59 Å². The molecule has 3 N–H and O–H groups in total. The lowest BCUT2D eigenvalue weighted by atomic mass is 9.88. The highest BCUT2D eigenvalue weighted by molar-refractivity contribution is 5.94. The van der Waals surface area contributed by atoms with E-state index in [1.807, 2.05) is 30.3 Å². The molecule has 0 radical (unpaired) electrons. The van der Waals surface area contributed by atoms with Gasteiger partial charge >= 0.3 is 12.1 Å². The van der Waals surface area contributed by atoms with Gasteiger partial charge in [-0.25, -0.2) is 9.59 Å². The first-order chi connectivity index (χ1) is 20.0. The maximum absolute atomic E-state index is 14.2. The maximum Gasteiger partial charge on any atom is 0.408 e. The Kier molecular flexibility index (Phi) is 10.8. The van der Waals surface area contributed by atoms with Gasteiger partial charge in [0.1, 0.15) is 35.1 Å². The SMILES string of the molecule is CC(NC(=O)OC(C)(C)C)C(=O)N(C1CCC1)C(C(=O)NC(Cc1ccccc1)C(=O)OC(C)(C)C)c1cccc(O)c1. The van der Waals surface area contributed by atoms with Crippen LogP contribution in [0.15, 0.2) is 54.6 Å². The zero-order valence-corrected chi connectivity index (χ0v) is 26.2. The first-order valence-corrected chi connectivity index (χ1v) is 14.7.